The molecule has 92 valence electrons. The summed E-state index contributed by atoms with van der Waals surface area (Å²) in [6.45, 7) is 0.462. The first-order chi connectivity index (χ1) is 8.02. The molecule has 2 rings (SSSR count). The number of benzene rings is 1. The van der Waals surface area contributed by atoms with E-state index in [1.807, 2.05) is 0 Å². The molecule has 0 bridgehead atoms. The highest BCUT2D eigenvalue weighted by Gasteiger charge is 2.30. The first-order valence-corrected chi connectivity index (χ1v) is 5.87. The summed E-state index contributed by atoms with van der Waals surface area (Å²) in [4.78, 5) is 13.3. The van der Waals surface area contributed by atoms with E-state index in [2.05, 4.69) is 0 Å². The molecule has 6 heteroatoms. The molecule has 0 saturated carbocycles. The number of carbonyl (C=O) groups is 1. The molecule has 0 aromatic heterocycles. The van der Waals surface area contributed by atoms with Gasteiger partial charge in [0.2, 0.25) is 5.91 Å². The van der Waals surface area contributed by atoms with Crippen molar-refractivity contribution in [1.29, 1.82) is 0 Å². The van der Waals surface area contributed by atoms with Crippen LogP contribution in [0.2, 0.25) is 10.0 Å². The summed E-state index contributed by atoms with van der Waals surface area (Å²) < 4.78 is 5.10. The van der Waals surface area contributed by atoms with Gasteiger partial charge in [0, 0.05) is 25.1 Å². The molecule has 2 N–H and O–H groups in total. The number of anilines is 1. The van der Waals surface area contributed by atoms with Crippen molar-refractivity contribution in [2.45, 2.75) is 12.5 Å². The Hall–Kier alpha value is -0.970. The standard InChI is InChI=1S/C11H12Cl2N2O2/c1-17-10-4-9(7(12)3-8(10)13)15-5-6(14)2-11(15)16/h3-4,6H,2,5,14H2,1H3. The molecule has 1 fully saturated rings. The van der Waals surface area contributed by atoms with Crippen LogP contribution in [0.15, 0.2) is 12.1 Å². The van der Waals surface area contributed by atoms with E-state index < -0.39 is 0 Å². The SMILES string of the molecule is COc1cc(N2CC(N)CC2=O)c(Cl)cc1Cl. The number of rotatable bonds is 2. The molecule has 17 heavy (non-hydrogen) atoms. The molecule has 0 spiro atoms. The Balaban J connectivity index is 2.41. The molecule has 1 heterocycles. The summed E-state index contributed by atoms with van der Waals surface area (Å²) in [5, 5.41) is 0.829. The molecule has 1 aromatic carbocycles. The van der Waals surface area contributed by atoms with Crippen LogP contribution < -0.4 is 15.4 Å². The number of hydrogen-bond acceptors (Lipinski definition) is 3. The van der Waals surface area contributed by atoms with Gasteiger partial charge in [-0.3, -0.25) is 4.79 Å². The summed E-state index contributed by atoms with van der Waals surface area (Å²) in [5.74, 6) is 0.447. The fraction of sp³-hybridized carbons (Fsp3) is 0.364. The van der Waals surface area contributed by atoms with Gasteiger partial charge in [-0.1, -0.05) is 23.2 Å². The van der Waals surface area contributed by atoms with E-state index in [1.165, 1.54) is 7.11 Å². The summed E-state index contributed by atoms with van der Waals surface area (Å²) in [6.07, 6.45) is 0.335. The topological polar surface area (TPSA) is 55.6 Å². The van der Waals surface area contributed by atoms with Crippen molar-refractivity contribution in [3.05, 3.63) is 22.2 Å². The maximum atomic E-state index is 11.7. The van der Waals surface area contributed by atoms with Crippen molar-refractivity contribution in [1.82, 2.24) is 0 Å². The Morgan fingerprint density at radius 1 is 1.41 bits per heavy atom. The van der Waals surface area contributed by atoms with Gasteiger partial charge in [0.25, 0.3) is 0 Å². The highest BCUT2D eigenvalue weighted by atomic mass is 35.5. The molecule has 1 atom stereocenters. The zero-order valence-corrected chi connectivity index (χ0v) is 10.8. The van der Waals surface area contributed by atoms with Crippen LogP contribution in [0.25, 0.3) is 0 Å². The first-order valence-electron chi connectivity index (χ1n) is 5.12. The van der Waals surface area contributed by atoms with Gasteiger partial charge < -0.3 is 15.4 Å². The Morgan fingerprint density at radius 3 is 2.65 bits per heavy atom. The van der Waals surface area contributed by atoms with Gasteiger partial charge in [-0.25, -0.2) is 0 Å². The highest BCUT2D eigenvalue weighted by Crippen LogP contribution is 2.37. The smallest absolute Gasteiger partial charge is 0.228 e. The number of amides is 1. The third kappa shape index (κ3) is 2.34. The molecule has 0 radical (unpaired) electrons. The zero-order valence-electron chi connectivity index (χ0n) is 9.24. The lowest BCUT2D eigenvalue weighted by Crippen LogP contribution is -2.28. The Morgan fingerprint density at radius 2 is 2.12 bits per heavy atom. The van der Waals surface area contributed by atoms with Crippen molar-refractivity contribution in [2.75, 3.05) is 18.6 Å². The van der Waals surface area contributed by atoms with Gasteiger partial charge in [-0.2, -0.15) is 0 Å². The van der Waals surface area contributed by atoms with Crippen LogP contribution in [0.4, 0.5) is 5.69 Å². The Kier molecular flexibility index (Phi) is 3.47. The van der Waals surface area contributed by atoms with Crippen molar-refractivity contribution in [3.8, 4) is 5.75 Å². The fourth-order valence-electron chi connectivity index (χ4n) is 1.85. The minimum atomic E-state index is -0.153. The fourth-order valence-corrected chi connectivity index (χ4v) is 2.41. The first kappa shape index (κ1) is 12.5. The molecule has 1 amide bonds. The molecule has 1 saturated heterocycles. The van der Waals surface area contributed by atoms with Crippen molar-refractivity contribution in [2.24, 2.45) is 5.73 Å². The van der Waals surface area contributed by atoms with Crippen molar-refractivity contribution < 1.29 is 9.53 Å². The van der Waals surface area contributed by atoms with E-state index in [-0.39, 0.29) is 11.9 Å². The van der Waals surface area contributed by atoms with E-state index >= 15 is 0 Å². The Bertz CT molecular complexity index is 465. The van der Waals surface area contributed by atoms with Gasteiger partial charge >= 0.3 is 0 Å². The highest BCUT2D eigenvalue weighted by molar-refractivity contribution is 6.37. The average Bonchev–Trinajstić information content (AvgIpc) is 2.58. The quantitative estimate of drug-likeness (QED) is 0.898. The van der Waals surface area contributed by atoms with Gasteiger partial charge in [-0.05, 0) is 6.07 Å². The normalized spacial score (nSPS) is 19.9. The minimum Gasteiger partial charge on any atom is -0.495 e. The second kappa shape index (κ2) is 4.72. The molecule has 1 unspecified atom stereocenters. The van der Waals surface area contributed by atoms with Gasteiger partial charge in [0.05, 0.1) is 22.8 Å². The third-order valence-corrected chi connectivity index (χ3v) is 3.27. The second-order valence-corrected chi connectivity index (χ2v) is 4.72. The third-order valence-electron chi connectivity index (χ3n) is 2.67. The summed E-state index contributed by atoms with van der Waals surface area (Å²) in [5.41, 5.74) is 6.33. The largest absolute Gasteiger partial charge is 0.495 e. The number of nitrogens with two attached hydrogens (primary N) is 1. The van der Waals surface area contributed by atoms with E-state index in [0.717, 1.165) is 0 Å². The molecular formula is C11H12Cl2N2O2. The second-order valence-electron chi connectivity index (χ2n) is 3.91. The minimum absolute atomic E-state index is 0.0382. The summed E-state index contributed by atoms with van der Waals surface area (Å²) in [7, 11) is 1.51. The van der Waals surface area contributed by atoms with Crippen LogP contribution in [0, 0.1) is 0 Å². The molecule has 0 aliphatic carbocycles. The van der Waals surface area contributed by atoms with Crippen molar-refractivity contribution >= 4 is 34.8 Å². The van der Waals surface area contributed by atoms with Crippen LogP contribution >= 0.6 is 23.2 Å². The number of halogens is 2. The molecule has 4 nitrogen and oxygen atoms in total. The number of methoxy groups -OCH3 is 1. The van der Waals surface area contributed by atoms with Crippen LogP contribution in [-0.2, 0) is 4.79 Å². The van der Waals surface area contributed by atoms with Crippen molar-refractivity contribution in [3.63, 3.8) is 0 Å². The number of nitrogens with zero attached hydrogens (tertiary/aromatic N) is 1. The van der Waals surface area contributed by atoms with E-state index in [0.29, 0.717) is 34.4 Å². The monoisotopic (exact) mass is 274 g/mol. The van der Waals surface area contributed by atoms with Crippen LogP contribution in [0.1, 0.15) is 6.42 Å². The van der Waals surface area contributed by atoms with Gasteiger partial charge in [0.1, 0.15) is 5.75 Å². The van der Waals surface area contributed by atoms with E-state index in [9.17, 15) is 4.79 Å². The molecule has 1 aliphatic rings. The predicted octanol–water partition coefficient (Wildman–Crippen LogP) is 2.07. The van der Waals surface area contributed by atoms with Crippen LogP contribution in [0.3, 0.4) is 0 Å². The average molecular weight is 275 g/mol. The zero-order chi connectivity index (χ0) is 12.6. The summed E-state index contributed by atoms with van der Waals surface area (Å²) >= 11 is 12.0. The lowest BCUT2D eigenvalue weighted by Gasteiger charge is -2.19. The number of ether oxygens (including phenoxy) is 1. The van der Waals surface area contributed by atoms with E-state index in [1.54, 1.807) is 17.0 Å². The summed E-state index contributed by atoms with van der Waals surface area (Å²) in [6, 6.07) is 3.06. The lowest BCUT2D eigenvalue weighted by atomic mass is 10.2. The van der Waals surface area contributed by atoms with Crippen LogP contribution in [-0.4, -0.2) is 25.6 Å². The number of carbonyl (C=O) groups excluding carboxylic acids is 1. The van der Waals surface area contributed by atoms with Gasteiger partial charge in [-0.15, -0.1) is 0 Å². The van der Waals surface area contributed by atoms with E-state index in [4.69, 9.17) is 33.7 Å². The molecule has 1 aromatic rings. The van der Waals surface area contributed by atoms with Gasteiger partial charge in [0.15, 0.2) is 0 Å². The molecule has 1 aliphatic heterocycles. The maximum absolute atomic E-state index is 11.7. The Labute approximate surface area is 109 Å². The number of hydrogen-bond donors (Lipinski definition) is 1. The molecular weight excluding hydrogens is 263 g/mol. The lowest BCUT2D eigenvalue weighted by molar-refractivity contribution is -0.117. The predicted molar refractivity (Wildman–Crippen MR) is 68.0 cm³/mol. The maximum Gasteiger partial charge on any atom is 0.228 e. The van der Waals surface area contributed by atoms with Crippen LogP contribution in [0.5, 0.6) is 5.75 Å².